The van der Waals surface area contributed by atoms with E-state index in [1.807, 2.05) is 4.90 Å². The molecule has 6 heteroatoms. The van der Waals surface area contributed by atoms with Gasteiger partial charge in [0.1, 0.15) is 5.82 Å². The largest absolute Gasteiger partial charge is 0.416 e. The normalized spacial score (nSPS) is 27.1. The molecule has 0 aromatic carbocycles. The van der Waals surface area contributed by atoms with Crippen molar-refractivity contribution in [3.05, 3.63) is 23.4 Å². The van der Waals surface area contributed by atoms with Gasteiger partial charge >= 0.3 is 6.18 Å². The van der Waals surface area contributed by atoms with Gasteiger partial charge in [0.2, 0.25) is 0 Å². The van der Waals surface area contributed by atoms with Crippen LogP contribution in [0.2, 0.25) is 0 Å². The van der Waals surface area contributed by atoms with Crippen molar-refractivity contribution >= 4 is 5.82 Å². The van der Waals surface area contributed by atoms with Gasteiger partial charge < -0.3 is 10.6 Å². The topological polar surface area (TPSA) is 42.1 Å². The van der Waals surface area contributed by atoms with E-state index >= 15 is 0 Å². The van der Waals surface area contributed by atoms with Crippen LogP contribution in [0.25, 0.3) is 0 Å². The Morgan fingerprint density at radius 2 is 1.95 bits per heavy atom. The molecule has 3 rings (SSSR count). The number of halogens is 3. The molecule has 0 bridgehead atoms. The Hall–Kier alpha value is -1.30. The number of hydrogen-bond acceptors (Lipinski definition) is 3. The number of alkyl halides is 3. The van der Waals surface area contributed by atoms with E-state index in [-0.39, 0.29) is 6.04 Å². The highest BCUT2D eigenvalue weighted by atomic mass is 19.4. The van der Waals surface area contributed by atoms with Gasteiger partial charge in [-0.15, -0.1) is 0 Å². The zero-order chi connectivity index (χ0) is 14.5. The molecule has 1 aliphatic heterocycles. The Morgan fingerprint density at radius 1 is 1.25 bits per heavy atom. The van der Waals surface area contributed by atoms with Gasteiger partial charge in [0, 0.05) is 24.8 Å². The highest BCUT2D eigenvalue weighted by Crippen LogP contribution is 2.42. The molecule has 0 radical (unpaired) electrons. The lowest BCUT2D eigenvalue weighted by Gasteiger charge is -2.19. The molecule has 0 amide bonds. The van der Waals surface area contributed by atoms with E-state index in [1.165, 1.54) is 12.8 Å². The first kappa shape index (κ1) is 13.7. The molecular weight excluding hydrogens is 267 g/mol. The highest BCUT2D eigenvalue weighted by Gasteiger charge is 2.41. The second kappa shape index (κ2) is 4.62. The Labute approximate surface area is 116 Å². The number of hydrogen-bond donors (Lipinski definition) is 1. The van der Waals surface area contributed by atoms with Crippen molar-refractivity contribution in [2.24, 2.45) is 17.6 Å². The van der Waals surface area contributed by atoms with Crippen LogP contribution in [0, 0.1) is 18.8 Å². The average molecular weight is 285 g/mol. The summed E-state index contributed by atoms with van der Waals surface area (Å²) in [5, 5.41) is 0. The summed E-state index contributed by atoms with van der Waals surface area (Å²) in [5.74, 6) is 1.45. The molecule has 2 atom stereocenters. The summed E-state index contributed by atoms with van der Waals surface area (Å²) in [6.45, 7) is 2.90. The zero-order valence-electron chi connectivity index (χ0n) is 11.3. The first-order valence-electron chi connectivity index (χ1n) is 6.91. The summed E-state index contributed by atoms with van der Waals surface area (Å²) in [6.07, 6.45) is -1.94. The molecule has 1 aromatic rings. The van der Waals surface area contributed by atoms with Crippen LogP contribution >= 0.6 is 0 Å². The Balaban J connectivity index is 1.85. The second-order valence-corrected chi connectivity index (χ2v) is 5.92. The van der Waals surface area contributed by atoms with Crippen LogP contribution in [0.4, 0.5) is 19.0 Å². The van der Waals surface area contributed by atoms with Crippen molar-refractivity contribution in [3.8, 4) is 0 Å². The maximum absolute atomic E-state index is 12.9. The van der Waals surface area contributed by atoms with Gasteiger partial charge in [-0.1, -0.05) is 0 Å². The molecule has 0 unspecified atom stereocenters. The minimum absolute atomic E-state index is 0.0409. The summed E-state index contributed by atoms with van der Waals surface area (Å²) >= 11 is 0. The molecule has 2 aliphatic rings. The van der Waals surface area contributed by atoms with E-state index in [9.17, 15) is 13.2 Å². The maximum atomic E-state index is 12.9. The van der Waals surface area contributed by atoms with E-state index in [0.717, 1.165) is 18.7 Å². The number of nitrogens with zero attached hydrogens (tertiary/aromatic N) is 2. The smallest absolute Gasteiger partial charge is 0.355 e. The molecule has 1 saturated heterocycles. The first-order chi connectivity index (χ1) is 9.34. The molecule has 2 heterocycles. The van der Waals surface area contributed by atoms with E-state index in [4.69, 9.17) is 5.73 Å². The van der Waals surface area contributed by atoms with Crippen molar-refractivity contribution in [1.29, 1.82) is 0 Å². The van der Waals surface area contributed by atoms with E-state index in [1.54, 1.807) is 6.92 Å². The molecule has 20 heavy (non-hydrogen) atoms. The van der Waals surface area contributed by atoms with E-state index in [2.05, 4.69) is 4.98 Å². The van der Waals surface area contributed by atoms with Crippen LogP contribution in [-0.2, 0) is 6.18 Å². The van der Waals surface area contributed by atoms with Gasteiger partial charge in [-0.2, -0.15) is 13.2 Å². The number of nitrogens with two attached hydrogens (primary N) is 1. The average Bonchev–Trinajstić information content (AvgIpc) is 3.11. The minimum atomic E-state index is -4.33. The number of anilines is 1. The van der Waals surface area contributed by atoms with Gasteiger partial charge in [-0.05, 0) is 43.7 Å². The molecule has 2 fully saturated rings. The molecule has 2 N–H and O–H groups in total. The van der Waals surface area contributed by atoms with Gasteiger partial charge in [0.25, 0.3) is 0 Å². The summed E-state index contributed by atoms with van der Waals surface area (Å²) in [5.41, 5.74) is 5.87. The van der Waals surface area contributed by atoms with Crippen molar-refractivity contribution in [3.63, 3.8) is 0 Å². The van der Waals surface area contributed by atoms with Gasteiger partial charge in [-0.25, -0.2) is 4.98 Å². The Kier molecular flexibility index (Phi) is 3.16. The summed E-state index contributed by atoms with van der Waals surface area (Å²) in [6, 6.07) is 2.26. The molecule has 3 nitrogen and oxygen atoms in total. The van der Waals surface area contributed by atoms with Crippen LogP contribution in [0.5, 0.6) is 0 Å². The van der Waals surface area contributed by atoms with Crippen molar-refractivity contribution < 1.29 is 13.2 Å². The van der Waals surface area contributed by atoms with Crippen molar-refractivity contribution in [2.75, 3.05) is 18.0 Å². The molecule has 0 spiro atoms. The molecule has 1 aliphatic carbocycles. The number of aromatic nitrogens is 1. The quantitative estimate of drug-likeness (QED) is 0.908. The van der Waals surface area contributed by atoms with Crippen LogP contribution in [0.3, 0.4) is 0 Å². The second-order valence-electron chi connectivity index (χ2n) is 5.92. The predicted molar refractivity (Wildman–Crippen MR) is 70.4 cm³/mol. The zero-order valence-corrected chi connectivity index (χ0v) is 11.3. The van der Waals surface area contributed by atoms with E-state index in [0.29, 0.717) is 29.9 Å². The highest BCUT2D eigenvalue weighted by molar-refractivity contribution is 5.45. The van der Waals surface area contributed by atoms with Gasteiger partial charge in [-0.3, -0.25) is 0 Å². The number of aryl methyl sites for hydroxylation is 1. The van der Waals surface area contributed by atoms with Crippen LogP contribution in [0.1, 0.15) is 24.1 Å². The SMILES string of the molecule is Cc1cc(C(F)(F)F)cc(N2C[C@@H](N)[C@H](C3CC3)C2)n1. The molecule has 1 saturated carbocycles. The van der Waals surface area contributed by atoms with Gasteiger partial charge in [0.15, 0.2) is 0 Å². The Morgan fingerprint density at radius 3 is 2.55 bits per heavy atom. The summed E-state index contributed by atoms with van der Waals surface area (Å²) < 4.78 is 38.6. The molecule has 110 valence electrons. The Bertz CT molecular complexity index is 511. The summed E-state index contributed by atoms with van der Waals surface area (Å²) in [4.78, 5) is 6.15. The van der Waals surface area contributed by atoms with Crippen molar-refractivity contribution in [1.82, 2.24) is 4.98 Å². The fourth-order valence-corrected chi connectivity index (χ4v) is 3.04. The third-order valence-electron chi connectivity index (χ3n) is 4.23. The van der Waals surface area contributed by atoms with Crippen LogP contribution in [-0.4, -0.2) is 24.1 Å². The lowest BCUT2D eigenvalue weighted by molar-refractivity contribution is -0.137. The minimum Gasteiger partial charge on any atom is -0.355 e. The van der Waals surface area contributed by atoms with Crippen LogP contribution < -0.4 is 10.6 Å². The fraction of sp³-hybridized carbons (Fsp3) is 0.643. The molecular formula is C14H18F3N3. The molecule has 1 aromatic heterocycles. The number of rotatable bonds is 2. The predicted octanol–water partition coefficient (Wildman–Crippen LogP) is 2.58. The van der Waals surface area contributed by atoms with E-state index < -0.39 is 11.7 Å². The van der Waals surface area contributed by atoms with Crippen LogP contribution in [0.15, 0.2) is 12.1 Å². The lowest BCUT2D eigenvalue weighted by atomic mass is 9.99. The fourth-order valence-electron chi connectivity index (χ4n) is 3.04. The third kappa shape index (κ3) is 2.61. The monoisotopic (exact) mass is 285 g/mol. The summed E-state index contributed by atoms with van der Waals surface area (Å²) in [7, 11) is 0. The van der Waals surface area contributed by atoms with Gasteiger partial charge in [0.05, 0.1) is 5.56 Å². The lowest BCUT2D eigenvalue weighted by Crippen LogP contribution is -2.30. The first-order valence-corrected chi connectivity index (χ1v) is 6.91. The maximum Gasteiger partial charge on any atom is 0.416 e. The standard InChI is InChI=1S/C14H18F3N3/c1-8-4-10(14(15,16)17)5-13(19-8)20-6-11(9-2-3-9)12(18)7-20/h4-5,9,11-12H,2-3,6-7,18H2,1H3/t11-,12+/m0/s1. The third-order valence-corrected chi connectivity index (χ3v) is 4.23. The number of pyridine rings is 1. The van der Waals surface area contributed by atoms with Crippen molar-refractivity contribution in [2.45, 2.75) is 32.0 Å².